The van der Waals surface area contributed by atoms with Crippen molar-refractivity contribution in [3.8, 4) is 45.5 Å². The molecule has 10 rings (SSSR count). The topological polar surface area (TPSA) is 242 Å². The van der Waals surface area contributed by atoms with Crippen LogP contribution in [-0.4, -0.2) is 163 Å². The van der Waals surface area contributed by atoms with E-state index in [1.54, 1.807) is 24.4 Å². The van der Waals surface area contributed by atoms with Crippen molar-refractivity contribution < 1.29 is 51.9 Å². The molecule has 0 aliphatic carbocycles. The van der Waals surface area contributed by atoms with E-state index < -0.39 is 31.0 Å². The Kier molecular flexibility index (Phi) is 16.5. The molecular formula is C52H52Cl4F2N12O9. The Labute approximate surface area is 470 Å². The second-order valence-electron chi connectivity index (χ2n) is 18.9. The molecule has 2 amide bonds. The quantitative estimate of drug-likeness (QED) is 0.0389. The molecule has 6 aromatic rings. The highest BCUT2D eigenvalue weighted by molar-refractivity contribution is 6.41. The normalized spacial score (nSPS) is 20.6. The summed E-state index contributed by atoms with van der Waals surface area (Å²) in [6, 6.07) is 4.71. The van der Waals surface area contributed by atoms with Gasteiger partial charge in [0.25, 0.3) is 5.92 Å². The van der Waals surface area contributed by atoms with E-state index in [1.165, 1.54) is 43.5 Å². The number of carbonyl (C=O) groups is 2. The molecule has 1 unspecified atom stereocenters. The number of carbonyl (C=O) groups excluding carboxylic acids is 2. The number of hydrogen-bond acceptors (Lipinski definition) is 19. The van der Waals surface area contributed by atoms with Crippen LogP contribution in [-0.2, 0) is 23.8 Å². The molecule has 8 heterocycles. The highest BCUT2D eigenvalue weighted by Crippen LogP contribution is 2.48. The van der Waals surface area contributed by atoms with Crippen molar-refractivity contribution in [1.82, 2.24) is 40.5 Å². The van der Waals surface area contributed by atoms with Crippen LogP contribution in [0.4, 0.5) is 32.3 Å². The maximum absolute atomic E-state index is 14.9. The Bertz CT molecular complexity index is 3370. The van der Waals surface area contributed by atoms with Gasteiger partial charge in [-0.2, -0.15) is 0 Å². The fourth-order valence-corrected chi connectivity index (χ4v) is 11.0. The lowest BCUT2D eigenvalue weighted by atomic mass is 10.1. The number of halogens is 6. The van der Waals surface area contributed by atoms with Crippen molar-refractivity contribution in [3.05, 3.63) is 82.1 Å². The molecular weight excluding hydrogens is 1120 g/mol. The van der Waals surface area contributed by atoms with E-state index in [9.17, 15) is 23.5 Å². The molecule has 4 fully saturated rings. The molecule has 21 nitrogen and oxygen atoms in total. The molecule has 5 atom stereocenters. The van der Waals surface area contributed by atoms with Gasteiger partial charge in [0, 0.05) is 72.5 Å². The monoisotopic (exact) mass is 1170 g/mol. The van der Waals surface area contributed by atoms with E-state index in [-0.39, 0.29) is 153 Å². The number of phenols is 1. The van der Waals surface area contributed by atoms with E-state index in [4.69, 9.17) is 94.8 Å². The summed E-state index contributed by atoms with van der Waals surface area (Å²) >= 11 is 27.6. The molecule has 5 N–H and O–H groups in total. The van der Waals surface area contributed by atoms with Gasteiger partial charge in [-0.1, -0.05) is 59.6 Å². The second kappa shape index (κ2) is 23.5. The first-order chi connectivity index (χ1) is 38.0. The second-order valence-corrected chi connectivity index (χ2v) is 20.4. The zero-order valence-corrected chi connectivity index (χ0v) is 45.5. The van der Waals surface area contributed by atoms with E-state index in [0.717, 1.165) is 0 Å². The van der Waals surface area contributed by atoms with Crippen LogP contribution >= 0.6 is 46.4 Å². The molecule has 4 saturated heterocycles. The Balaban J connectivity index is 0.885. The van der Waals surface area contributed by atoms with Crippen molar-refractivity contribution in [1.29, 1.82) is 0 Å². The zero-order valence-electron chi connectivity index (χ0n) is 42.5. The maximum atomic E-state index is 14.9. The van der Waals surface area contributed by atoms with E-state index in [0.29, 0.717) is 53.9 Å². The molecule has 0 saturated carbocycles. The molecule has 79 heavy (non-hydrogen) atoms. The van der Waals surface area contributed by atoms with Crippen molar-refractivity contribution in [3.63, 3.8) is 0 Å². The predicted molar refractivity (Wildman–Crippen MR) is 295 cm³/mol. The minimum Gasteiger partial charge on any atom is -0.506 e. The number of nitrogens with one attached hydrogen (secondary N) is 4. The van der Waals surface area contributed by atoms with Gasteiger partial charge in [0.15, 0.2) is 11.6 Å². The largest absolute Gasteiger partial charge is 0.506 e. The summed E-state index contributed by atoms with van der Waals surface area (Å²) in [5, 5.41) is 24.3. The minimum absolute atomic E-state index is 0.00826. The SMILES string of the molecule is C=CC(=O)N[C@H]1COC[C@H]1Nc1ncc2cc(-c3c(Cl)c(O)cc(OC)c3Cl)nc(N3CCC(OCCOc4cc(OC)c(Cl)c(-c5cc6cnc(N[C@@H]7COC[C@@H]7NC(=O)C=C)nc6c(N6CCC(F)(F)C6)n5)c4Cl)C3)c2n1. The van der Waals surface area contributed by atoms with Gasteiger partial charge < -0.3 is 64.6 Å². The first kappa shape index (κ1) is 55.5. The molecule has 0 spiro atoms. The number of fused-ring (bicyclic) bond motifs is 2. The van der Waals surface area contributed by atoms with Gasteiger partial charge in [-0.15, -0.1) is 0 Å². The van der Waals surface area contributed by atoms with Crippen LogP contribution in [0.1, 0.15) is 12.8 Å². The Morgan fingerprint density at radius 2 is 1.24 bits per heavy atom. The van der Waals surface area contributed by atoms with Crippen LogP contribution in [0.25, 0.3) is 44.3 Å². The summed E-state index contributed by atoms with van der Waals surface area (Å²) in [5.74, 6) is -2.31. The van der Waals surface area contributed by atoms with Gasteiger partial charge in [-0.05, 0) is 30.7 Å². The highest BCUT2D eigenvalue weighted by Gasteiger charge is 2.40. The molecule has 2 aromatic carbocycles. The summed E-state index contributed by atoms with van der Waals surface area (Å²) in [5.41, 5.74) is 1.78. The summed E-state index contributed by atoms with van der Waals surface area (Å²) in [4.78, 5) is 56.4. The summed E-state index contributed by atoms with van der Waals surface area (Å²) in [7, 11) is 2.85. The third kappa shape index (κ3) is 11.7. The van der Waals surface area contributed by atoms with Crippen LogP contribution in [0.15, 0.2) is 62.0 Å². The van der Waals surface area contributed by atoms with Gasteiger partial charge >= 0.3 is 0 Å². The number of aromatic hydroxyl groups is 1. The van der Waals surface area contributed by atoms with Gasteiger partial charge in [0.1, 0.15) is 40.6 Å². The molecule has 27 heteroatoms. The number of pyridine rings is 2. The maximum Gasteiger partial charge on any atom is 0.266 e. The van der Waals surface area contributed by atoms with E-state index in [1.807, 2.05) is 4.90 Å². The zero-order chi connectivity index (χ0) is 55.7. The number of rotatable bonds is 19. The first-order valence-corrected chi connectivity index (χ1v) is 26.4. The van der Waals surface area contributed by atoms with E-state index in [2.05, 4.69) is 44.4 Å². The number of benzene rings is 2. The lowest BCUT2D eigenvalue weighted by Crippen LogP contribution is -2.45. The van der Waals surface area contributed by atoms with Crippen LogP contribution in [0.3, 0.4) is 0 Å². The number of amides is 2. The smallest absolute Gasteiger partial charge is 0.266 e. The summed E-state index contributed by atoms with van der Waals surface area (Å²) in [6.45, 7) is 8.53. The summed E-state index contributed by atoms with van der Waals surface area (Å²) < 4.78 is 64.7. The minimum atomic E-state index is -2.98. The van der Waals surface area contributed by atoms with Crippen LogP contribution in [0, 0.1) is 0 Å². The molecule has 0 radical (unpaired) electrons. The van der Waals surface area contributed by atoms with Crippen molar-refractivity contribution in [2.75, 3.05) is 100 Å². The Morgan fingerprint density at radius 1 is 0.722 bits per heavy atom. The number of methoxy groups -OCH3 is 2. The highest BCUT2D eigenvalue weighted by atomic mass is 35.5. The van der Waals surface area contributed by atoms with Crippen molar-refractivity contribution in [2.45, 2.75) is 49.0 Å². The first-order valence-electron chi connectivity index (χ1n) is 24.9. The fourth-order valence-electron chi connectivity index (χ4n) is 9.75. The lowest BCUT2D eigenvalue weighted by Gasteiger charge is -2.23. The molecule has 0 bridgehead atoms. The van der Waals surface area contributed by atoms with Crippen LogP contribution in [0.2, 0.25) is 20.1 Å². The lowest BCUT2D eigenvalue weighted by molar-refractivity contribution is -0.118. The summed E-state index contributed by atoms with van der Waals surface area (Å²) in [6.07, 6.45) is 5.40. The van der Waals surface area contributed by atoms with Crippen molar-refractivity contribution in [2.24, 2.45) is 0 Å². The molecule has 4 aliphatic rings. The molecule has 4 aromatic heterocycles. The standard InChI is InChI=1S/C52H52Cl4F2N12O9/c1-5-38(72)61-30-20-76-22-32(30)65-50-59-17-25-13-28(40-42(53)34(71)15-35(74-3)43(40)54)63-48(46(25)67-50)69-9-7-27(19-69)78-11-12-79-37-16-36(75-4)44(55)41(45(37)56)29-14-26-18-60-51(66-33-23-77-21-31(33)62-39(73)6-2)68-47(26)49(64-29)70-10-8-52(57,58)24-70/h5-6,13-18,27,30-33,71H,1-2,7-12,19-24H2,3-4H3,(H,61,72)(H,62,73)(H,59,65,67)(H,60,66,68)/t27?,30-,31-,32+,33+/m0/s1. The number of phenolic OH excluding ortho intramolecular Hbond substituents is 1. The fraction of sp³-hybridized carbons (Fsp3) is 0.385. The third-order valence-electron chi connectivity index (χ3n) is 13.8. The van der Waals surface area contributed by atoms with E-state index >= 15 is 0 Å². The van der Waals surface area contributed by atoms with Gasteiger partial charge in [0.2, 0.25) is 23.7 Å². The number of ether oxygens (including phenoxy) is 6. The van der Waals surface area contributed by atoms with Gasteiger partial charge in [-0.25, -0.2) is 38.7 Å². The number of aromatic nitrogens is 6. The third-order valence-corrected chi connectivity index (χ3v) is 15.3. The average molecular weight is 1170 g/mol. The number of alkyl halides is 2. The van der Waals surface area contributed by atoms with Crippen LogP contribution in [0.5, 0.6) is 23.0 Å². The molecule has 416 valence electrons. The van der Waals surface area contributed by atoms with Crippen molar-refractivity contribution >= 4 is 104 Å². The Hall–Kier alpha value is -6.86. The Morgan fingerprint density at radius 3 is 1.77 bits per heavy atom. The average Bonchev–Trinajstić information content (AvgIpc) is 4.38. The van der Waals surface area contributed by atoms with Gasteiger partial charge in [0.05, 0.1) is 116 Å². The molecule has 4 aliphatic heterocycles. The van der Waals surface area contributed by atoms with Crippen LogP contribution < -0.4 is 45.3 Å². The van der Waals surface area contributed by atoms with Gasteiger partial charge in [-0.3, -0.25) is 9.59 Å². The number of anilines is 4. The predicted octanol–water partition coefficient (Wildman–Crippen LogP) is 7.52. The number of nitrogens with zero attached hydrogens (tertiary/aromatic N) is 8. The number of hydrogen-bond donors (Lipinski definition) is 5.